The first-order valence-corrected chi connectivity index (χ1v) is 12.0. The van der Waals surface area contributed by atoms with Crippen molar-refractivity contribution in [2.24, 2.45) is 0 Å². The number of benzene rings is 1. The molecule has 5 rings (SSSR count). The highest BCUT2D eigenvalue weighted by atomic mass is 35.5. The van der Waals surface area contributed by atoms with E-state index in [1.807, 2.05) is 4.90 Å². The molecule has 3 fully saturated rings. The summed E-state index contributed by atoms with van der Waals surface area (Å²) in [5.74, 6) is -0.804. The molecule has 0 spiro atoms. The van der Waals surface area contributed by atoms with E-state index in [1.54, 1.807) is 0 Å². The molecular weight excluding hydrogens is 483 g/mol. The van der Waals surface area contributed by atoms with Crippen LogP contribution in [0.15, 0.2) is 30.6 Å². The van der Waals surface area contributed by atoms with Gasteiger partial charge in [0.1, 0.15) is 23.5 Å². The maximum atomic E-state index is 14.1. The molecule has 3 saturated heterocycles. The fourth-order valence-electron chi connectivity index (χ4n) is 5.50. The first kappa shape index (κ1) is 24.0. The van der Waals surface area contributed by atoms with Crippen LogP contribution in [0.1, 0.15) is 47.8 Å². The van der Waals surface area contributed by atoms with Crippen molar-refractivity contribution < 1.29 is 22.7 Å². The number of amides is 1. The largest absolute Gasteiger partial charge is 0.489 e. The van der Waals surface area contributed by atoms with Crippen LogP contribution in [0.25, 0.3) is 0 Å². The normalized spacial score (nSPS) is 26.5. The molecule has 3 unspecified atom stereocenters. The van der Waals surface area contributed by atoms with Gasteiger partial charge in [0.25, 0.3) is 12.3 Å². The van der Waals surface area contributed by atoms with Gasteiger partial charge in [-0.1, -0.05) is 11.6 Å². The minimum absolute atomic E-state index is 0.000324. The first-order valence-electron chi connectivity index (χ1n) is 11.6. The zero-order chi connectivity index (χ0) is 24.7. The van der Waals surface area contributed by atoms with Crippen molar-refractivity contribution in [2.45, 2.75) is 56.2 Å². The summed E-state index contributed by atoms with van der Waals surface area (Å²) in [5.41, 5.74) is 0.507. The minimum atomic E-state index is -2.38. The second-order valence-electron chi connectivity index (χ2n) is 9.35. The number of likely N-dealkylation sites (tertiary alicyclic amines) is 1. The van der Waals surface area contributed by atoms with Crippen molar-refractivity contribution in [2.75, 3.05) is 19.6 Å². The molecule has 3 aliphatic rings. The molecule has 7 nitrogen and oxygen atoms in total. The molecule has 0 aliphatic carbocycles. The lowest BCUT2D eigenvalue weighted by molar-refractivity contribution is 0.00716. The van der Waals surface area contributed by atoms with Crippen LogP contribution in [-0.2, 0) is 0 Å². The number of carbonyl (C=O) groups is 1. The summed E-state index contributed by atoms with van der Waals surface area (Å²) in [6.07, 6.45) is 2.99. The summed E-state index contributed by atoms with van der Waals surface area (Å²) in [6.45, 7) is 0.0694. The van der Waals surface area contributed by atoms with Crippen molar-refractivity contribution in [3.8, 4) is 5.75 Å². The van der Waals surface area contributed by atoms with Crippen LogP contribution in [0.5, 0.6) is 5.75 Å². The Morgan fingerprint density at radius 3 is 2.54 bits per heavy atom. The number of piperidine rings is 1. The molecule has 1 amide bonds. The van der Waals surface area contributed by atoms with Gasteiger partial charge in [0, 0.05) is 42.8 Å². The Morgan fingerprint density at radius 2 is 1.89 bits per heavy atom. The van der Waals surface area contributed by atoms with Crippen LogP contribution in [-0.4, -0.2) is 75.6 Å². The number of ether oxygens (including phenoxy) is 1. The molecule has 11 heteroatoms. The van der Waals surface area contributed by atoms with Gasteiger partial charge in [0.15, 0.2) is 0 Å². The van der Waals surface area contributed by atoms with E-state index < -0.39 is 18.2 Å². The topological polar surface area (TPSA) is 82.4 Å². The minimum Gasteiger partial charge on any atom is -0.489 e. The van der Waals surface area contributed by atoms with E-state index >= 15 is 0 Å². The Balaban J connectivity index is 1.31. The predicted molar refractivity (Wildman–Crippen MR) is 123 cm³/mol. The van der Waals surface area contributed by atoms with Gasteiger partial charge in [-0.15, -0.1) is 0 Å². The monoisotopic (exact) mass is 507 g/mol. The van der Waals surface area contributed by atoms with Crippen LogP contribution < -0.4 is 4.74 Å². The smallest absolute Gasteiger partial charge is 0.257 e. The Morgan fingerprint density at radius 1 is 1.20 bits per heavy atom. The molecule has 2 bridgehead atoms. The molecule has 1 aromatic heterocycles. The number of aromatic nitrogens is 2. The van der Waals surface area contributed by atoms with E-state index in [0.717, 1.165) is 12.8 Å². The molecule has 3 atom stereocenters. The number of rotatable bonds is 6. The quantitative estimate of drug-likeness (QED) is 0.634. The van der Waals surface area contributed by atoms with E-state index in [-0.39, 0.29) is 55.0 Å². The molecular formula is C24H25ClF3N5O2. The standard InChI is InChI=1S/C24H25ClF3N5O2/c25-13-8-30-23(31-9-13)19-10-32(11-20(19)29)24(34)18-4-1-14(26)5-21(18)35-17-6-15-2-3-16(7-17)33(15)12-22(27)28/h1,4-5,8-9,15-17,19,22,29H,2-3,6-7,10-12H2. The molecule has 4 heterocycles. The maximum Gasteiger partial charge on any atom is 0.257 e. The van der Waals surface area contributed by atoms with E-state index in [9.17, 15) is 18.0 Å². The second kappa shape index (κ2) is 9.73. The molecule has 35 heavy (non-hydrogen) atoms. The Kier molecular flexibility index (Phi) is 6.67. The third-order valence-electron chi connectivity index (χ3n) is 7.08. The number of halogens is 4. The van der Waals surface area contributed by atoms with E-state index in [1.165, 1.54) is 35.5 Å². The van der Waals surface area contributed by atoms with Gasteiger partial charge in [-0.2, -0.15) is 0 Å². The highest BCUT2D eigenvalue weighted by molar-refractivity contribution is 6.30. The Labute approximate surface area is 205 Å². The van der Waals surface area contributed by atoms with Crippen molar-refractivity contribution >= 4 is 23.2 Å². The first-order chi connectivity index (χ1) is 16.8. The van der Waals surface area contributed by atoms with E-state index in [0.29, 0.717) is 29.4 Å². The number of hydrogen-bond donors (Lipinski definition) is 1. The van der Waals surface area contributed by atoms with Crippen LogP contribution in [0.4, 0.5) is 13.2 Å². The summed E-state index contributed by atoms with van der Waals surface area (Å²) in [7, 11) is 0. The Hall–Kier alpha value is -2.72. The fraction of sp³-hybridized carbons (Fsp3) is 0.500. The number of fused-ring (bicyclic) bond motifs is 2. The van der Waals surface area contributed by atoms with Crippen LogP contribution >= 0.6 is 11.6 Å². The van der Waals surface area contributed by atoms with Gasteiger partial charge in [0.2, 0.25) is 0 Å². The molecule has 0 radical (unpaired) electrons. The molecule has 186 valence electrons. The number of nitrogens with one attached hydrogen (secondary N) is 1. The van der Waals surface area contributed by atoms with Crippen molar-refractivity contribution in [1.82, 2.24) is 19.8 Å². The Bertz CT molecular complexity index is 1100. The number of hydrogen-bond acceptors (Lipinski definition) is 6. The van der Waals surface area contributed by atoms with E-state index in [4.69, 9.17) is 21.7 Å². The van der Waals surface area contributed by atoms with Crippen molar-refractivity contribution in [3.05, 3.63) is 52.8 Å². The maximum absolute atomic E-state index is 14.1. The van der Waals surface area contributed by atoms with Gasteiger partial charge < -0.3 is 15.0 Å². The average Bonchev–Trinajstić information content (AvgIpc) is 3.29. The lowest BCUT2D eigenvalue weighted by atomic mass is 9.99. The van der Waals surface area contributed by atoms with Gasteiger partial charge >= 0.3 is 0 Å². The summed E-state index contributed by atoms with van der Waals surface area (Å²) < 4.78 is 46.2. The lowest BCUT2D eigenvalue weighted by Gasteiger charge is -2.38. The highest BCUT2D eigenvalue weighted by Gasteiger charge is 2.43. The SMILES string of the molecule is N=C1CN(C(=O)c2ccc(F)cc2OC2CC3CCC(C2)N3CC(F)F)CC1c1ncc(Cl)cn1. The zero-order valence-corrected chi connectivity index (χ0v) is 19.6. The molecule has 0 saturated carbocycles. The van der Waals surface area contributed by atoms with Crippen LogP contribution in [0.3, 0.4) is 0 Å². The zero-order valence-electron chi connectivity index (χ0n) is 18.8. The van der Waals surface area contributed by atoms with Gasteiger partial charge in [-0.25, -0.2) is 23.1 Å². The fourth-order valence-corrected chi connectivity index (χ4v) is 5.60. The number of nitrogens with zero attached hydrogens (tertiary/aromatic N) is 4. The summed E-state index contributed by atoms with van der Waals surface area (Å²) in [4.78, 5) is 25.1. The predicted octanol–water partition coefficient (Wildman–Crippen LogP) is 4.17. The van der Waals surface area contributed by atoms with E-state index in [2.05, 4.69) is 9.97 Å². The third-order valence-corrected chi connectivity index (χ3v) is 7.28. The lowest BCUT2D eigenvalue weighted by Crippen LogP contribution is -2.48. The van der Waals surface area contributed by atoms with Gasteiger partial charge in [0.05, 0.1) is 29.6 Å². The van der Waals surface area contributed by atoms with Gasteiger partial charge in [-0.3, -0.25) is 9.69 Å². The third kappa shape index (κ3) is 4.99. The second-order valence-corrected chi connectivity index (χ2v) is 9.78. The number of alkyl halides is 2. The summed E-state index contributed by atoms with van der Waals surface area (Å²) in [5, 5.41) is 8.72. The summed E-state index contributed by atoms with van der Waals surface area (Å²) in [6, 6.07) is 3.79. The summed E-state index contributed by atoms with van der Waals surface area (Å²) >= 11 is 5.85. The molecule has 1 N–H and O–H groups in total. The average molecular weight is 508 g/mol. The van der Waals surface area contributed by atoms with Crippen molar-refractivity contribution in [3.63, 3.8) is 0 Å². The van der Waals surface area contributed by atoms with Gasteiger partial charge in [-0.05, 0) is 37.8 Å². The number of carbonyl (C=O) groups excluding carboxylic acids is 1. The molecule has 1 aromatic carbocycles. The van der Waals surface area contributed by atoms with Crippen molar-refractivity contribution in [1.29, 1.82) is 5.41 Å². The molecule has 3 aliphatic heterocycles. The van der Waals surface area contributed by atoms with Crippen LogP contribution in [0, 0.1) is 11.2 Å². The molecule has 2 aromatic rings. The highest BCUT2D eigenvalue weighted by Crippen LogP contribution is 2.38. The van der Waals surface area contributed by atoms with Crippen LogP contribution in [0.2, 0.25) is 5.02 Å².